The van der Waals surface area contributed by atoms with Gasteiger partial charge < -0.3 is 10.1 Å². The zero-order valence-electron chi connectivity index (χ0n) is 12.8. The van der Waals surface area contributed by atoms with Gasteiger partial charge in [0.05, 0.1) is 17.7 Å². The number of amides is 1. The molecule has 3 aromatic rings. The number of aryl methyl sites for hydroxylation is 1. The summed E-state index contributed by atoms with van der Waals surface area (Å²) in [4.78, 5) is 18.6. The molecule has 0 saturated carbocycles. The molecule has 0 bridgehead atoms. The molecule has 0 aliphatic heterocycles. The molecule has 0 aliphatic rings. The standard InChI is InChI=1S/C17H16N2O2S2/c1-11-15(23-17(19-11)14-4-3-9-22-14)16(20)18-10-12-5-7-13(21-2)8-6-12/h3-9H,10H2,1-2H3,(H,18,20). The van der Waals surface area contributed by atoms with E-state index in [1.807, 2.05) is 48.7 Å². The molecule has 0 unspecified atom stereocenters. The zero-order chi connectivity index (χ0) is 16.2. The first kappa shape index (κ1) is 15.7. The molecule has 23 heavy (non-hydrogen) atoms. The molecule has 4 nitrogen and oxygen atoms in total. The molecule has 1 N–H and O–H groups in total. The van der Waals surface area contributed by atoms with Crippen LogP contribution >= 0.6 is 22.7 Å². The van der Waals surface area contributed by atoms with E-state index in [1.54, 1.807) is 18.4 Å². The highest BCUT2D eigenvalue weighted by molar-refractivity contribution is 7.22. The highest BCUT2D eigenvalue weighted by Gasteiger charge is 2.16. The number of carbonyl (C=O) groups is 1. The quantitative estimate of drug-likeness (QED) is 0.757. The summed E-state index contributed by atoms with van der Waals surface area (Å²) in [7, 11) is 1.63. The van der Waals surface area contributed by atoms with Crippen LogP contribution in [0.1, 0.15) is 20.9 Å². The fourth-order valence-corrected chi connectivity index (χ4v) is 3.90. The molecule has 0 radical (unpaired) electrons. The Morgan fingerprint density at radius 3 is 2.70 bits per heavy atom. The first-order chi connectivity index (χ1) is 11.2. The van der Waals surface area contributed by atoms with Gasteiger partial charge in [0, 0.05) is 6.54 Å². The molecular weight excluding hydrogens is 328 g/mol. The van der Waals surface area contributed by atoms with Crippen molar-refractivity contribution >= 4 is 28.6 Å². The number of hydrogen-bond acceptors (Lipinski definition) is 5. The molecule has 0 spiro atoms. The van der Waals surface area contributed by atoms with Gasteiger partial charge in [-0.2, -0.15) is 0 Å². The van der Waals surface area contributed by atoms with Crippen LogP contribution in [-0.2, 0) is 6.54 Å². The predicted molar refractivity (Wildman–Crippen MR) is 94.3 cm³/mol. The van der Waals surface area contributed by atoms with Gasteiger partial charge in [-0.05, 0) is 36.1 Å². The lowest BCUT2D eigenvalue weighted by Crippen LogP contribution is -2.22. The minimum absolute atomic E-state index is 0.0846. The van der Waals surface area contributed by atoms with Crippen molar-refractivity contribution in [3.63, 3.8) is 0 Å². The van der Waals surface area contributed by atoms with Gasteiger partial charge in [0.15, 0.2) is 0 Å². The zero-order valence-corrected chi connectivity index (χ0v) is 14.5. The second kappa shape index (κ2) is 6.93. The lowest BCUT2D eigenvalue weighted by atomic mass is 10.2. The van der Waals surface area contributed by atoms with E-state index in [9.17, 15) is 4.79 Å². The number of rotatable bonds is 5. The Hall–Kier alpha value is -2.18. The number of carbonyl (C=O) groups excluding carboxylic acids is 1. The molecule has 0 fully saturated rings. The monoisotopic (exact) mass is 344 g/mol. The van der Waals surface area contributed by atoms with Crippen molar-refractivity contribution in [2.45, 2.75) is 13.5 Å². The van der Waals surface area contributed by atoms with Crippen molar-refractivity contribution < 1.29 is 9.53 Å². The van der Waals surface area contributed by atoms with Crippen molar-refractivity contribution in [2.24, 2.45) is 0 Å². The van der Waals surface area contributed by atoms with Crippen LogP contribution in [0.25, 0.3) is 9.88 Å². The van der Waals surface area contributed by atoms with Crippen LogP contribution in [0.5, 0.6) is 5.75 Å². The summed E-state index contributed by atoms with van der Waals surface area (Å²) in [5, 5.41) is 5.85. The summed E-state index contributed by atoms with van der Waals surface area (Å²) in [5.41, 5.74) is 1.80. The van der Waals surface area contributed by atoms with Crippen LogP contribution in [-0.4, -0.2) is 18.0 Å². The van der Waals surface area contributed by atoms with Gasteiger partial charge in [0.25, 0.3) is 5.91 Å². The third-order valence-corrected chi connectivity index (χ3v) is 5.54. The van der Waals surface area contributed by atoms with E-state index >= 15 is 0 Å². The molecule has 1 aromatic carbocycles. The SMILES string of the molecule is COc1ccc(CNC(=O)c2sc(-c3cccs3)nc2C)cc1. The highest BCUT2D eigenvalue weighted by Crippen LogP contribution is 2.31. The Labute approximate surface area is 142 Å². The Morgan fingerprint density at radius 2 is 2.04 bits per heavy atom. The topological polar surface area (TPSA) is 51.2 Å². The number of hydrogen-bond donors (Lipinski definition) is 1. The Bertz CT molecular complexity index is 793. The number of thiazole rings is 1. The Balaban J connectivity index is 1.68. The summed E-state index contributed by atoms with van der Waals surface area (Å²) in [5.74, 6) is 0.720. The Morgan fingerprint density at radius 1 is 1.26 bits per heavy atom. The van der Waals surface area contributed by atoms with Gasteiger partial charge in [-0.25, -0.2) is 4.98 Å². The molecule has 0 aliphatic carbocycles. The van der Waals surface area contributed by atoms with Crippen molar-refractivity contribution in [2.75, 3.05) is 7.11 Å². The highest BCUT2D eigenvalue weighted by atomic mass is 32.1. The molecule has 0 saturated heterocycles. The third-order valence-electron chi connectivity index (χ3n) is 3.35. The number of nitrogens with zero attached hydrogens (tertiary/aromatic N) is 1. The number of benzene rings is 1. The number of thiophene rings is 1. The summed E-state index contributed by atoms with van der Waals surface area (Å²) in [6.07, 6.45) is 0. The molecular formula is C17H16N2O2S2. The van der Waals surface area contributed by atoms with E-state index in [1.165, 1.54) is 11.3 Å². The van der Waals surface area contributed by atoms with Crippen molar-refractivity contribution in [1.82, 2.24) is 10.3 Å². The van der Waals surface area contributed by atoms with Gasteiger partial charge in [0.2, 0.25) is 0 Å². The van der Waals surface area contributed by atoms with Crippen molar-refractivity contribution in [3.05, 3.63) is 57.9 Å². The largest absolute Gasteiger partial charge is 0.497 e. The summed E-state index contributed by atoms with van der Waals surface area (Å²) in [6.45, 7) is 2.35. The van der Waals surface area contributed by atoms with Gasteiger partial charge in [-0.1, -0.05) is 18.2 Å². The summed E-state index contributed by atoms with van der Waals surface area (Å²) < 4.78 is 5.12. The second-order valence-corrected chi connectivity index (χ2v) is 6.89. The summed E-state index contributed by atoms with van der Waals surface area (Å²) >= 11 is 3.06. The van der Waals surface area contributed by atoms with Gasteiger partial charge in [-0.15, -0.1) is 22.7 Å². The third kappa shape index (κ3) is 3.60. The number of nitrogens with one attached hydrogen (secondary N) is 1. The van der Waals surface area contributed by atoms with E-state index in [4.69, 9.17) is 4.74 Å². The minimum Gasteiger partial charge on any atom is -0.497 e. The fraction of sp³-hybridized carbons (Fsp3) is 0.176. The van der Waals surface area contributed by atoms with Crippen LogP contribution in [0.4, 0.5) is 0 Å². The smallest absolute Gasteiger partial charge is 0.263 e. The molecule has 118 valence electrons. The first-order valence-corrected chi connectivity index (χ1v) is 8.79. The van der Waals surface area contributed by atoms with E-state index in [2.05, 4.69) is 10.3 Å². The normalized spacial score (nSPS) is 10.5. The first-order valence-electron chi connectivity index (χ1n) is 7.10. The van der Waals surface area contributed by atoms with Crippen molar-refractivity contribution in [3.8, 4) is 15.6 Å². The molecule has 2 heterocycles. The van der Waals surface area contributed by atoms with Crippen LogP contribution in [0.15, 0.2) is 41.8 Å². The molecule has 2 aromatic heterocycles. The van der Waals surface area contributed by atoms with Crippen LogP contribution in [0.3, 0.4) is 0 Å². The minimum atomic E-state index is -0.0846. The fourth-order valence-electron chi connectivity index (χ4n) is 2.12. The second-order valence-electron chi connectivity index (χ2n) is 4.94. The Kier molecular flexibility index (Phi) is 4.73. The predicted octanol–water partition coefficient (Wildman–Crippen LogP) is 4.12. The average molecular weight is 344 g/mol. The van der Waals surface area contributed by atoms with E-state index in [0.717, 1.165) is 26.9 Å². The van der Waals surface area contributed by atoms with Crippen molar-refractivity contribution in [1.29, 1.82) is 0 Å². The number of methoxy groups -OCH3 is 1. The lowest BCUT2D eigenvalue weighted by molar-refractivity contribution is 0.0954. The molecule has 1 amide bonds. The summed E-state index contributed by atoms with van der Waals surface area (Å²) in [6, 6.07) is 11.6. The molecule has 0 atom stereocenters. The molecule has 6 heteroatoms. The van der Waals surface area contributed by atoms with Crippen LogP contribution < -0.4 is 10.1 Å². The maximum atomic E-state index is 12.4. The average Bonchev–Trinajstić information content (AvgIpc) is 3.22. The van der Waals surface area contributed by atoms with E-state index in [0.29, 0.717) is 11.4 Å². The number of aromatic nitrogens is 1. The van der Waals surface area contributed by atoms with Crippen LogP contribution in [0.2, 0.25) is 0 Å². The van der Waals surface area contributed by atoms with E-state index < -0.39 is 0 Å². The maximum Gasteiger partial charge on any atom is 0.263 e. The van der Waals surface area contributed by atoms with Gasteiger partial charge in [-0.3, -0.25) is 4.79 Å². The molecule has 3 rings (SSSR count). The maximum absolute atomic E-state index is 12.4. The number of ether oxygens (including phenoxy) is 1. The van der Waals surface area contributed by atoms with Gasteiger partial charge in [0.1, 0.15) is 15.6 Å². The van der Waals surface area contributed by atoms with Gasteiger partial charge >= 0.3 is 0 Å². The van der Waals surface area contributed by atoms with Crippen LogP contribution in [0, 0.1) is 6.92 Å². The van der Waals surface area contributed by atoms with E-state index in [-0.39, 0.29) is 5.91 Å². The lowest BCUT2D eigenvalue weighted by Gasteiger charge is -2.05.